The smallest absolute Gasteiger partial charge is 0.232 e. The minimum absolute atomic E-state index is 0.00754. The molecular formula is C36H33F2N7O4. The Kier molecular flexibility index (Phi) is 10.3. The quantitative estimate of drug-likeness (QED) is 0.205. The number of aromatic nitrogens is 6. The second-order valence-electron chi connectivity index (χ2n) is 11.3. The number of fused-ring (bicyclic) bond motifs is 1. The molecule has 0 saturated carbocycles. The van der Waals surface area contributed by atoms with E-state index in [0.717, 1.165) is 46.7 Å². The molecular weight excluding hydrogens is 632 g/mol. The van der Waals surface area contributed by atoms with Crippen LogP contribution >= 0.6 is 0 Å². The molecule has 1 aliphatic rings. The van der Waals surface area contributed by atoms with Crippen molar-refractivity contribution in [1.82, 2.24) is 34.8 Å². The third-order valence-corrected chi connectivity index (χ3v) is 7.89. The third kappa shape index (κ3) is 8.32. The molecule has 0 aliphatic carbocycles. The minimum Gasteiger partial charge on any atom is -0.454 e. The second kappa shape index (κ2) is 15.3. The van der Waals surface area contributed by atoms with Gasteiger partial charge in [-0.25, -0.2) is 28.1 Å². The lowest BCUT2D eigenvalue weighted by Crippen LogP contribution is -2.37. The van der Waals surface area contributed by atoms with Crippen LogP contribution in [0.25, 0.3) is 0 Å². The molecule has 2 N–H and O–H groups in total. The van der Waals surface area contributed by atoms with Crippen molar-refractivity contribution in [2.75, 3.05) is 13.3 Å². The monoisotopic (exact) mass is 665 g/mol. The van der Waals surface area contributed by atoms with Gasteiger partial charge in [-0.3, -0.25) is 4.79 Å². The van der Waals surface area contributed by atoms with Crippen LogP contribution in [0.3, 0.4) is 0 Å². The average molecular weight is 666 g/mol. The minimum atomic E-state index is -1.70. The number of rotatable bonds is 11. The van der Waals surface area contributed by atoms with E-state index in [2.05, 4.69) is 25.5 Å². The fourth-order valence-corrected chi connectivity index (χ4v) is 5.57. The SMILES string of the molecule is O=C(NCCc1ccc2c(c1)OCO2)C(c1ccccc1)c1ccccc1.OC(Cn1cncn1)(Cn1cncn1)c1ccc(F)cc1F. The van der Waals surface area contributed by atoms with Crippen LogP contribution in [-0.2, 0) is 29.9 Å². The molecule has 1 aliphatic heterocycles. The highest BCUT2D eigenvalue weighted by Crippen LogP contribution is 2.33. The standard InChI is InChI=1S/C23H21NO3.C13H12F2N6O/c25-23(24-14-13-17-11-12-20-21(15-17)27-16-26-20)22(18-7-3-1-4-8-18)19-9-5-2-6-10-19;14-10-1-2-11(12(15)3-10)13(22,4-20-8-16-6-18-20)5-21-9-17-7-19-21/h1-12,15,22H,13-14,16H2,(H,24,25);1-3,6-9,22H,4-5H2. The number of halogens is 2. The van der Waals surface area contributed by atoms with Gasteiger partial charge in [-0.1, -0.05) is 72.8 Å². The number of ether oxygens (including phenoxy) is 2. The van der Waals surface area contributed by atoms with Crippen LogP contribution in [0.5, 0.6) is 11.5 Å². The highest BCUT2D eigenvalue weighted by Gasteiger charge is 2.34. The molecule has 11 nitrogen and oxygen atoms in total. The number of aliphatic hydroxyl groups is 1. The molecule has 3 heterocycles. The molecule has 13 heteroatoms. The van der Waals surface area contributed by atoms with Gasteiger partial charge in [0.05, 0.1) is 19.0 Å². The summed E-state index contributed by atoms with van der Waals surface area (Å²) in [6.07, 6.45) is 6.13. The van der Waals surface area contributed by atoms with Gasteiger partial charge in [0.2, 0.25) is 12.7 Å². The first-order chi connectivity index (χ1) is 23.9. The Morgan fingerprint density at radius 3 is 2.00 bits per heavy atom. The van der Waals surface area contributed by atoms with Crippen molar-refractivity contribution in [1.29, 1.82) is 0 Å². The van der Waals surface area contributed by atoms with Gasteiger partial charge in [-0.15, -0.1) is 0 Å². The zero-order valence-electron chi connectivity index (χ0n) is 26.3. The molecule has 250 valence electrons. The molecule has 4 aromatic carbocycles. The predicted molar refractivity (Wildman–Crippen MR) is 174 cm³/mol. The summed E-state index contributed by atoms with van der Waals surface area (Å²) >= 11 is 0. The first-order valence-electron chi connectivity index (χ1n) is 15.5. The van der Waals surface area contributed by atoms with Crippen LogP contribution in [0, 0.1) is 11.6 Å². The van der Waals surface area contributed by atoms with E-state index in [1.807, 2.05) is 78.9 Å². The van der Waals surface area contributed by atoms with Crippen molar-refractivity contribution in [3.63, 3.8) is 0 Å². The first kappa shape index (κ1) is 33.0. The highest BCUT2D eigenvalue weighted by atomic mass is 19.1. The van der Waals surface area contributed by atoms with E-state index >= 15 is 0 Å². The third-order valence-electron chi connectivity index (χ3n) is 7.89. The van der Waals surface area contributed by atoms with Gasteiger partial charge in [-0.05, 0) is 41.3 Å². The van der Waals surface area contributed by atoms with Crippen LogP contribution in [0.1, 0.15) is 28.2 Å². The zero-order chi connectivity index (χ0) is 34.1. The van der Waals surface area contributed by atoms with Gasteiger partial charge in [-0.2, -0.15) is 10.2 Å². The summed E-state index contributed by atoms with van der Waals surface area (Å²) in [5.74, 6) is -0.327. The lowest BCUT2D eigenvalue weighted by molar-refractivity contribution is -0.121. The predicted octanol–water partition coefficient (Wildman–Crippen LogP) is 4.64. The van der Waals surface area contributed by atoms with Crippen molar-refractivity contribution in [3.05, 3.63) is 156 Å². The summed E-state index contributed by atoms with van der Waals surface area (Å²) in [6.45, 7) is 0.685. The number of nitrogens with one attached hydrogen (secondary N) is 1. The van der Waals surface area contributed by atoms with Gasteiger partial charge in [0.1, 0.15) is 42.5 Å². The van der Waals surface area contributed by atoms with Crippen LogP contribution in [0.4, 0.5) is 8.78 Å². The van der Waals surface area contributed by atoms with Gasteiger partial charge in [0.15, 0.2) is 11.5 Å². The van der Waals surface area contributed by atoms with E-state index in [4.69, 9.17) is 9.47 Å². The van der Waals surface area contributed by atoms with E-state index in [-0.39, 0.29) is 37.3 Å². The number of carbonyl (C=O) groups excluding carboxylic acids is 1. The van der Waals surface area contributed by atoms with E-state index in [9.17, 15) is 18.7 Å². The van der Waals surface area contributed by atoms with Gasteiger partial charge in [0.25, 0.3) is 0 Å². The van der Waals surface area contributed by atoms with Crippen LogP contribution in [-0.4, -0.2) is 53.9 Å². The first-order valence-corrected chi connectivity index (χ1v) is 15.5. The lowest BCUT2D eigenvalue weighted by atomic mass is 9.90. The molecule has 0 unspecified atom stereocenters. The summed E-state index contributed by atoms with van der Waals surface area (Å²) in [7, 11) is 0. The molecule has 49 heavy (non-hydrogen) atoms. The molecule has 0 spiro atoms. The van der Waals surface area contributed by atoms with Crippen LogP contribution < -0.4 is 14.8 Å². The zero-order valence-corrected chi connectivity index (χ0v) is 26.3. The molecule has 1 amide bonds. The number of hydrogen-bond acceptors (Lipinski definition) is 8. The van der Waals surface area contributed by atoms with Crippen molar-refractivity contribution in [2.45, 2.75) is 31.0 Å². The van der Waals surface area contributed by atoms with Crippen molar-refractivity contribution < 1.29 is 28.2 Å². The number of hydrogen-bond donors (Lipinski definition) is 2. The van der Waals surface area contributed by atoms with E-state index in [1.165, 1.54) is 40.7 Å². The topological polar surface area (TPSA) is 129 Å². The second-order valence-corrected chi connectivity index (χ2v) is 11.3. The van der Waals surface area contributed by atoms with Crippen molar-refractivity contribution >= 4 is 5.91 Å². The Labute approximate surface area is 280 Å². The summed E-state index contributed by atoms with van der Waals surface area (Å²) in [5, 5.41) is 21.9. The van der Waals surface area contributed by atoms with Gasteiger partial charge in [0, 0.05) is 18.2 Å². The Hall–Kier alpha value is -5.95. The maximum Gasteiger partial charge on any atom is 0.232 e. The lowest BCUT2D eigenvalue weighted by Gasteiger charge is -2.28. The molecule has 7 rings (SSSR count). The summed E-state index contributed by atoms with van der Waals surface area (Å²) < 4.78 is 40.7. The fraction of sp³-hybridized carbons (Fsp3) is 0.194. The molecule has 0 fully saturated rings. The Balaban J connectivity index is 0.000000174. The van der Waals surface area contributed by atoms with Crippen LogP contribution in [0.2, 0.25) is 0 Å². The number of nitrogens with zero attached hydrogens (tertiary/aromatic N) is 6. The summed E-state index contributed by atoms with van der Waals surface area (Å²) in [5.41, 5.74) is 1.34. The fourth-order valence-electron chi connectivity index (χ4n) is 5.57. The Bertz CT molecular complexity index is 1870. The molecule has 0 saturated heterocycles. The molecule has 0 radical (unpaired) electrons. The Morgan fingerprint density at radius 1 is 0.816 bits per heavy atom. The molecule has 0 bridgehead atoms. The van der Waals surface area contributed by atoms with Crippen LogP contribution in [0.15, 0.2) is 122 Å². The molecule has 6 aromatic rings. The number of carbonyl (C=O) groups is 1. The maximum atomic E-state index is 14.1. The van der Waals surface area contributed by atoms with Crippen molar-refractivity contribution in [3.8, 4) is 11.5 Å². The number of benzene rings is 4. The van der Waals surface area contributed by atoms with Gasteiger partial charge < -0.3 is 19.9 Å². The average Bonchev–Trinajstić information content (AvgIpc) is 3.90. The van der Waals surface area contributed by atoms with E-state index in [0.29, 0.717) is 6.54 Å². The largest absolute Gasteiger partial charge is 0.454 e. The van der Waals surface area contributed by atoms with E-state index in [1.54, 1.807) is 0 Å². The molecule has 2 aromatic heterocycles. The normalized spacial score (nSPS) is 12.0. The highest BCUT2D eigenvalue weighted by molar-refractivity contribution is 5.87. The number of amides is 1. The van der Waals surface area contributed by atoms with E-state index < -0.39 is 17.2 Å². The summed E-state index contributed by atoms with van der Waals surface area (Å²) in [6, 6.07) is 28.7. The maximum absolute atomic E-state index is 14.1. The Morgan fingerprint density at radius 2 is 1.43 bits per heavy atom. The molecule has 0 atom stereocenters. The summed E-state index contributed by atoms with van der Waals surface area (Å²) in [4.78, 5) is 20.5. The van der Waals surface area contributed by atoms with Gasteiger partial charge >= 0.3 is 0 Å². The van der Waals surface area contributed by atoms with Crippen molar-refractivity contribution in [2.24, 2.45) is 0 Å².